The van der Waals surface area contributed by atoms with Gasteiger partial charge in [-0.1, -0.05) is 36.4 Å². The molecule has 2 aromatic heterocycles. The number of nitrogens with one attached hydrogen (secondary N) is 1. The Balaban J connectivity index is 1.86. The molecule has 4 rings (SSSR count). The lowest BCUT2D eigenvalue weighted by Crippen LogP contribution is -1.99. The summed E-state index contributed by atoms with van der Waals surface area (Å²) in [6.45, 7) is 2.15. The van der Waals surface area contributed by atoms with Crippen LogP contribution in [-0.2, 0) is 6.42 Å². The van der Waals surface area contributed by atoms with E-state index in [0.29, 0.717) is 5.84 Å². The standard InChI is InChI=1S/C21H20N6S/c1-3-13-5-4-6-15(11-13)24-21-17-9-10-28-19(17)16-8-7-14(12-18(16)25-21)20(23-2)26-27-22/h4-12H,3H2,1-2H3,(H,24,25)(H2,22,23,26). The van der Waals surface area contributed by atoms with Crippen molar-refractivity contribution >= 4 is 49.7 Å². The van der Waals surface area contributed by atoms with Crippen LogP contribution in [0.1, 0.15) is 18.1 Å². The number of amidine groups is 1. The zero-order valence-corrected chi connectivity index (χ0v) is 16.5. The minimum Gasteiger partial charge on any atom is -0.340 e. The van der Waals surface area contributed by atoms with Gasteiger partial charge in [-0.3, -0.25) is 4.99 Å². The van der Waals surface area contributed by atoms with E-state index in [0.717, 1.165) is 39.8 Å². The molecule has 0 saturated heterocycles. The summed E-state index contributed by atoms with van der Waals surface area (Å²) in [4.78, 5) is 9.05. The van der Waals surface area contributed by atoms with Crippen LogP contribution in [0, 0.1) is 0 Å². The van der Waals surface area contributed by atoms with Crippen molar-refractivity contribution in [2.75, 3.05) is 12.4 Å². The summed E-state index contributed by atoms with van der Waals surface area (Å²) in [5.74, 6) is 6.51. The first-order valence-corrected chi connectivity index (χ1v) is 9.86. The topological polar surface area (TPSA) is 88.0 Å². The third-order valence-corrected chi connectivity index (χ3v) is 5.56. The van der Waals surface area contributed by atoms with Crippen LogP contribution in [0.5, 0.6) is 0 Å². The van der Waals surface area contributed by atoms with Gasteiger partial charge >= 0.3 is 0 Å². The van der Waals surface area contributed by atoms with E-state index in [1.54, 1.807) is 18.4 Å². The molecule has 0 fully saturated rings. The summed E-state index contributed by atoms with van der Waals surface area (Å²) >= 11 is 1.71. The summed E-state index contributed by atoms with van der Waals surface area (Å²) in [5, 5.41) is 15.0. The maximum Gasteiger partial charge on any atom is 0.178 e. The van der Waals surface area contributed by atoms with Gasteiger partial charge in [-0.05, 0) is 41.6 Å². The van der Waals surface area contributed by atoms with Gasteiger partial charge in [-0.2, -0.15) is 0 Å². The first kappa shape index (κ1) is 18.1. The number of hydrogen-bond acceptors (Lipinski definition) is 5. The fourth-order valence-electron chi connectivity index (χ4n) is 3.23. The zero-order chi connectivity index (χ0) is 19.5. The zero-order valence-electron chi connectivity index (χ0n) is 15.7. The van der Waals surface area contributed by atoms with Crippen LogP contribution >= 0.6 is 11.3 Å². The van der Waals surface area contributed by atoms with E-state index in [9.17, 15) is 0 Å². The molecule has 140 valence electrons. The Morgan fingerprint density at radius 3 is 2.82 bits per heavy atom. The van der Waals surface area contributed by atoms with Crippen LogP contribution in [0.15, 0.2) is 69.2 Å². The van der Waals surface area contributed by atoms with E-state index in [1.807, 2.05) is 12.1 Å². The molecule has 0 spiro atoms. The normalized spacial score (nSPS) is 12.3. The number of nitrogens with two attached hydrogens (primary N) is 1. The molecule has 0 unspecified atom stereocenters. The first-order valence-electron chi connectivity index (χ1n) is 8.98. The van der Waals surface area contributed by atoms with Crippen molar-refractivity contribution < 1.29 is 0 Å². The molecule has 6 nitrogen and oxygen atoms in total. The summed E-state index contributed by atoms with van der Waals surface area (Å²) < 4.78 is 1.20. The van der Waals surface area contributed by atoms with Gasteiger partial charge in [0.1, 0.15) is 5.82 Å². The predicted molar refractivity (Wildman–Crippen MR) is 118 cm³/mol. The van der Waals surface area contributed by atoms with E-state index in [4.69, 9.17) is 10.8 Å². The minimum absolute atomic E-state index is 0.475. The summed E-state index contributed by atoms with van der Waals surface area (Å²) in [6.07, 6.45) is 0.993. The Labute approximate surface area is 166 Å². The monoisotopic (exact) mass is 388 g/mol. The number of rotatable bonds is 4. The Morgan fingerprint density at radius 2 is 2.04 bits per heavy atom. The Kier molecular flexibility index (Phi) is 4.99. The third kappa shape index (κ3) is 3.32. The van der Waals surface area contributed by atoms with E-state index >= 15 is 0 Å². The molecule has 28 heavy (non-hydrogen) atoms. The number of anilines is 2. The fraction of sp³-hybridized carbons (Fsp3) is 0.143. The van der Waals surface area contributed by atoms with Gasteiger partial charge in [0.2, 0.25) is 0 Å². The van der Waals surface area contributed by atoms with E-state index in [-0.39, 0.29) is 0 Å². The SMILES string of the molecule is CCc1cccc(Nc2nc3cc(C(N=NN)=NC)ccc3c3sccc23)c1. The van der Waals surface area contributed by atoms with Crippen LogP contribution in [0.3, 0.4) is 0 Å². The minimum atomic E-state index is 0.475. The maximum absolute atomic E-state index is 5.20. The highest BCUT2D eigenvalue weighted by atomic mass is 32.1. The smallest absolute Gasteiger partial charge is 0.178 e. The van der Waals surface area contributed by atoms with Crippen molar-refractivity contribution in [3.05, 3.63) is 65.0 Å². The van der Waals surface area contributed by atoms with Crippen molar-refractivity contribution in [3.63, 3.8) is 0 Å². The van der Waals surface area contributed by atoms with Crippen LogP contribution in [0.2, 0.25) is 0 Å². The summed E-state index contributed by atoms with van der Waals surface area (Å²) in [6, 6.07) is 16.5. The number of pyridine rings is 1. The van der Waals surface area contributed by atoms with Crippen molar-refractivity contribution in [2.24, 2.45) is 21.2 Å². The quantitative estimate of drug-likeness (QED) is 0.160. The second kappa shape index (κ2) is 7.74. The largest absolute Gasteiger partial charge is 0.340 e. The molecule has 4 aromatic rings. The van der Waals surface area contributed by atoms with Gasteiger partial charge < -0.3 is 11.2 Å². The highest BCUT2D eigenvalue weighted by Crippen LogP contribution is 2.35. The fourth-order valence-corrected chi connectivity index (χ4v) is 4.16. The maximum atomic E-state index is 5.20. The molecule has 0 radical (unpaired) electrons. The molecule has 0 atom stereocenters. The lowest BCUT2D eigenvalue weighted by Gasteiger charge is -2.11. The number of nitrogens with zero attached hydrogens (tertiary/aromatic N) is 4. The van der Waals surface area contributed by atoms with E-state index in [2.05, 4.69) is 69.3 Å². The lowest BCUT2D eigenvalue weighted by molar-refractivity contribution is 1.08. The number of hydrogen-bond donors (Lipinski definition) is 2. The van der Waals surface area contributed by atoms with Crippen LogP contribution in [0.25, 0.3) is 21.0 Å². The molecule has 0 bridgehead atoms. The highest BCUT2D eigenvalue weighted by Gasteiger charge is 2.12. The Morgan fingerprint density at radius 1 is 1.14 bits per heavy atom. The van der Waals surface area contributed by atoms with E-state index < -0.39 is 0 Å². The molecule has 2 aromatic carbocycles. The highest BCUT2D eigenvalue weighted by molar-refractivity contribution is 7.18. The molecule has 0 amide bonds. The first-order chi connectivity index (χ1) is 13.7. The second-order valence-corrected chi connectivity index (χ2v) is 7.21. The van der Waals surface area contributed by atoms with E-state index in [1.165, 1.54) is 10.3 Å². The Hall–Kier alpha value is -3.32. The van der Waals surface area contributed by atoms with Gasteiger partial charge in [0.25, 0.3) is 0 Å². The predicted octanol–water partition coefficient (Wildman–Crippen LogP) is 5.46. The van der Waals surface area contributed by atoms with Crippen LogP contribution in [-0.4, -0.2) is 17.9 Å². The molecule has 0 aliphatic carbocycles. The van der Waals surface area contributed by atoms with Crippen molar-refractivity contribution in [1.82, 2.24) is 4.98 Å². The van der Waals surface area contributed by atoms with Gasteiger partial charge in [-0.25, -0.2) is 4.98 Å². The molecule has 0 aliphatic rings. The number of aromatic nitrogens is 1. The molecule has 2 heterocycles. The van der Waals surface area contributed by atoms with Crippen LogP contribution in [0.4, 0.5) is 11.5 Å². The second-order valence-electron chi connectivity index (χ2n) is 6.30. The van der Waals surface area contributed by atoms with Crippen molar-refractivity contribution in [2.45, 2.75) is 13.3 Å². The molecular weight excluding hydrogens is 368 g/mol. The molecular formula is C21H20N6S. The number of fused-ring (bicyclic) bond motifs is 3. The van der Waals surface area contributed by atoms with Gasteiger partial charge in [0, 0.05) is 33.8 Å². The average Bonchev–Trinajstić information content (AvgIpc) is 3.22. The molecule has 0 saturated carbocycles. The van der Waals surface area contributed by atoms with Gasteiger partial charge in [0.05, 0.1) is 5.52 Å². The lowest BCUT2D eigenvalue weighted by atomic mass is 10.1. The number of benzene rings is 2. The number of thiophene rings is 1. The van der Waals surface area contributed by atoms with Crippen molar-refractivity contribution in [1.29, 1.82) is 0 Å². The molecule has 7 heteroatoms. The van der Waals surface area contributed by atoms with Gasteiger partial charge in [-0.15, -0.1) is 16.5 Å². The molecule has 0 aliphatic heterocycles. The number of aryl methyl sites for hydroxylation is 1. The number of aliphatic imine (C=N–C) groups is 1. The third-order valence-electron chi connectivity index (χ3n) is 4.62. The van der Waals surface area contributed by atoms with Crippen LogP contribution < -0.4 is 11.2 Å². The van der Waals surface area contributed by atoms with Crippen molar-refractivity contribution in [3.8, 4) is 0 Å². The van der Waals surface area contributed by atoms with Gasteiger partial charge in [0.15, 0.2) is 5.84 Å². The summed E-state index contributed by atoms with van der Waals surface area (Å²) in [7, 11) is 1.66. The summed E-state index contributed by atoms with van der Waals surface area (Å²) in [5.41, 5.74) is 4.01. The Bertz CT molecular complexity index is 1210. The molecule has 3 N–H and O–H groups in total. The average molecular weight is 389 g/mol.